The second kappa shape index (κ2) is 16.1. The lowest BCUT2D eigenvalue weighted by Crippen LogP contribution is -2.63. The highest BCUT2D eigenvalue weighted by atomic mass is 32.2. The third-order valence-electron chi connectivity index (χ3n) is 10.6. The number of carboxylic acids is 1. The van der Waals surface area contributed by atoms with Crippen LogP contribution >= 0.6 is 11.8 Å². The number of aliphatic hydroxyl groups is 1. The first-order chi connectivity index (χ1) is 26.6. The number of fused-ring (bicyclic) bond motifs is 1. The minimum absolute atomic E-state index is 0.00772. The average molecular weight is 797 g/mol. The van der Waals surface area contributed by atoms with Gasteiger partial charge in [-0.2, -0.15) is 0 Å². The number of carboxylic acid groups (broad SMARTS) is 1. The molecule has 3 fully saturated rings. The zero-order valence-corrected chi connectivity index (χ0v) is 31.4. The molecule has 6 rings (SSSR count). The van der Waals surface area contributed by atoms with E-state index in [2.05, 4.69) is 0 Å². The van der Waals surface area contributed by atoms with Crippen LogP contribution in [0.1, 0.15) is 38.3 Å². The summed E-state index contributed by atoms with van der Waals surface area (Å²) in [6.07, 6.45) is -2.33. The number of rotatable bonds is 11. The molecule has 2 aromatic rings. The number of hydrogen-bond acceptors (Lipinski definition) is 13. The molecule has 0 bridgehead atoms. The minimum Gasteiger partial charge on any atom is -0.477 e. The van der Waals surface area contributed by atoms with E-state index in [1.54, 1.807) is 13.8 Å². The standard InChI is InChI=1S/C36H40N6O13S/c1-19-15-37(12-13-38(19)35(48)54-17-22-4-8-24(9-5-22)41(50)51)32(44)27-14-26(16-39(27)36(49)55-18-23-6-10-25(11-7-23)42(52)53)56-31-20(2)29-28(21(3)43)33(45)40(29)30(31)34(46)47/h4-11,19-21,26-29,43H,12-18H2,1-3H3,(H,46,47)/t19?,20-,21-,26+,27+,28-,29-/m1/s1. The summed E-state index contributed by atoms with van der Waals surface area (Å²) in [6, 6.07) is 8.97. The zero-order chi connectivity index (χ0) is 40.6. The van der Waals surface area contributed by atoms with Gasteiger partial charge in [0, 0.05) is 72.6 Å². The Bertz CT molecular complexity index is 1960. The quantitative estimate of drug-likeness (QED) is 0.188. The summed E-state index contributed by atoms with van der Waals surface area (Å²) >= 11 is 1.18. The Balaban J connectivity index is 1.15. The van der Waals surface area contributed by atoms with Crippen molar-refractivity contribution in [3.8, 4) is 0 Å². The highest BCUT2D eigenvalue weighted by molar-refractivity contribution is 8.03. The molecule has 4 aliphatic rings. The van der Waals surface area contributed by atoms with E-state index >= 15 is 0 Å². The van der Waals surface area contributed by atoms with Crippen molar-refractivity contribution in [2.45, 2.75) is 69.9 Å². The number of piperazine rings is 1. The van der Waals surface area contributed by atoms with Crippen molar-refractivity contribution >= 4 is 53.1 Å². The summed E-state index contributed by atoms with van der Waals surface area (Å²) in [5.41, 5.74) is 0.610. The van der Waals surface area contributed by atoms with E-state index in [4.69, 9.17) is 9.47 Å². The average Bonchev–Trinajstić information content (AvgIpc) is 3.69. The first-order valence-corrected chi connectivity index (χ1v) is 18.7. The number of thioether (sulfide) groups is 1. The van der Waals surface area contributed by atoms with Gasteiger partial charge in [0.1, 0.15) is 25.0 Å². The van der Waals surface area contributed by atoms with Crippen LogP contribution in [0.2, 0.25) is 0 Å². The molecule has 4 heterocycles. The van der Waals surface area contributed by atoms with Crippen LogP contribution in [0.15, 0.2) is 59.1 Å². The van der Waals surface area contributed by atoms with Gasteiger partial charge in [0.25, 0.3) is 11.4 Å². The molecule has 2 aromatic carbocycles. The van der Waals surface area contributed by atoms with Crippen LogP contribution in [-0.4, -0.2) is 125 Å². The lowest BCUT2D eigenvalue weighted by atomic mass is 9.79. The van der Waals surface area contributed by atoms with E-state index in [-0.39, 0.29) is 62.9 Å². The van der Waals surface area contributed by atoms with Crippen molar-refractivity contribution in [3.63, 3.8) is 0 Å². The molecule has 0 aromatic heterocycles. The monoisotopic (exact) mass is 796 g/mol. The van der Waals surface area contributed by atoms with Gasteiger partial charge in [-0.25, -0.2) is 14.4 Å². The number of β-lactam (4-membered cyclic amide) rings is 1. The smallest absolute Gasteiger partial charge is 0.410 e. The third-order valence-corrected chi connectivity index (χ3v) is 12.1. The Hall–Kier alpha value is -5.76. The molecule has 2 N–H and O–H groups in total. The highest BCUT2D eigenvalue weighted by Crippen LogP contribution is 2.52. The van der Waals surface area contributed by atoms with Crippen molar-refractivity contribution in [1.82, 2.24) is 19.6 Å². The molecule has 20 heteroatoms. The van der Waals surface area contributed by atoms with E-state index in [9.17, 15) is 54.4 Å². The Morgan fingerprint density at radius 3 is 1.89 bits per heavy atom. The number of amides is 4. The Labute approximate surface area is 324 Å². The van der Waals surface area contributed by atoms with Crippen molar-refractivity contribution in [2.24, 2.45) is 11.8 Å². The van der Waals surface area contributed by atoms with Crippen molar-refractivity contribution in [2.75, 3.05) is 26.2 Å². The number of likely N-dealkylation sites (tertiary alicyclic amines) is 1. The highest BCUT2D eigenvalue weighted by Gasteiger charge is 2.60. The Kier molecular flexibility index (Phi) is 11.5. The molecule has 56 heavy (non-hydrogen) atoms. The molecule has 7 atom stereocenters. The summed E-state index contributed by atoms with van der Waals surface area (Å²) in [5.74, 6) is -3.39. The molecule has 0 aliphatic carbocycles. The molecule has 1 unspecified atom stereocenters. The molecule has 0 saturated carbocycles. The largest absolute Gasteiger partial charge is 0.477 e. The predicted molar refractivity (Wildman–Crippen MR) is 195 cm³/mol. The van der Waals surface area contributed by atoms with Gasteiger partial charge in [-0.05, 0) is 55.7 Å². The number of aliphatic hydroxyl groups excluding tert-OH is 1. The number of aliphatic carboxylic acids is 1. The van der Waals surface area contributed by atoms with Gasteiger partial charge in [0.2, 0.25) is 11.8 Å². The van der Waals surface area contributed by atoms with Crippen LogP contribution in [0.25, 0.3) is 0 Å². The van der Waals surface area contributed by atoms with E-state index in [0.717, 1.165) is 0 Å². The van der Waals surface area contributed by atoms with Crippen LogP contribution in [-0.2, 0) is 37.1 Å². The SMILES string of the molecule is CC1CN(C(=O)[C@@H]2C[C@H](SC3=C(C(=O)O)N4C(=O)[C@H]([C@@H](C)O)[C@H]4[C@H]3C)CN2C(=O)OCc2ccc([N+](=O)[O-])cc2)CCN1C(=O)OCc1ccc([N+](=O)[O-])cc1. The van der Waals surface area contributed by atoms with Gasteiger partial charge >= 0.3 is 18.2 Å². The number of nitro benzene ring substituents is 2. The maximum absolute atomic E-state index is 14.2. The number of benzene rings is 2. The Morgan fingerprint density at radius 1 is 0.875 bits per heavy atom. The molecular weight excluding hydrogens is 756 g/mol. The molecular formula is C36H40N6O13S. The van der Waals surface area contributed by atoms with Crippen LogP contribution in [0.3, 0.4) is 0 Å². The second-order valence-electron chi connectivity index (χ2n) is 14.2. The molecule has 4 amide bonds. The van der Waals surface area contributed by atoms with Crippen LogP contribution in [0, 0.1) is 32.1 Å². The maximum atomic E-state index is 14.2. The van der Waals surface area contributed by atoms with Gasteiger partial charge in [-0.15, -0.1) is 11.8 Å². The molecule has 0 radical (unpaired) electrons. The number of non-ortho nitro benzene ring substituents is 2. The van der Waals surface area contributed by atoms with Crippen molar-refractivity contribution < 1.29 is 53.5 Å². The minimum atomic E-state index is -1.30. The summed E-state index contributed by atoms with van der Waals surface area (Å²) < 4.78 is 11.0. The van der Waals surface area contributed by atoms with E-state index < -0.39 is 81.1 Å². The number of hydrogen-bond donors (Lipinski definition) is 2. The van der Waals surface area contributed by atoms with Gasteiger partial charge in [0.15, 0.2) is 0 Å². The molecule has 298 valence electrons. The first kappa shape index (κ1) is 39.9. The van der Waals surface area contributed by atoms with Gasteiger partial charge in [-0.3, -0.25) is 34.7 Å². The molecule has 3 saturated heterocycles. The number of ether oxygens (including phenoxy) is 2. The normalized spacial score (nSPS) is 25.0. The van der Waals surface area contributed by atoms with E-state index in [0.29, 0.717) is 16.0 Å². The number of nitrogens with zero attached hydrogens (tertiary/aromatic N) is 6. The summed E-state index contributed by atoms with van der Waals surface area (Å²) in [7, 11) is 0. The summed E-state index contributed by atoms with van der Waals surface area (Å²) in [6.45, 7) is 4.97. The Morgan fingerprint density at radius 2 is 1.41 bits per heavy atom. The predicted octanol–water partition coefficient (Wildman–Crippen LogP) is 3.34. The fourth-order valence-corrected chi connectivity index (χ4v) is 9.22. The summed E-state index contributed by atoms with van der Waals surface area (Å²) in [4.78, 5) is 93.1. The fraction of sp³-hybridized carbons (Fsp3) is 0.472. The van der Waals surface area contributed by atoms with Crippen LogP contribution in [0.5, 0.6) is 0 Å². The molecule has 19 nitrogen and oxygen atoms in total. The number of nitro groups is 2. The molecule has 4 aliphatic heterocycles. The number of carbonyl (C=O) groups is 5. The molecule has 0 spiro atoms. The summed E-state index contributed by atoms with van der Waals surface area (Å²) in [5, 5.41) is 41.9. The van der Waals surface area contributed by atoms with E-state index in [1.165, 1.54) is 86.8 Å². The van der Waals surface area contributed by atoms with E-state index in [1.807, 2.05) is 0 Å². The second-order valence-corrected chi connectivity index (χ2v) is 15.5. The van der Waals surface area contributed by atoms with Crippen LogP contribution < -0.4 is 0 Å². The fourth-order valence-electron chi connectivity index (χ4n) is 7.70. The van der Waals surface area contributed by atoms with Crippen molar-refractivity contribution in [1.29, 1.82) is 0 Å². The maximum Gasteiger partial charge on any atom is 0.410 e. The first-order valence-electron chi connectivity index (χ1n) is 17.8. The van der Waals surface area contributed by atoms with Crippen LogP contribution in [0.4, 0.5) is 21.0 Å². The lowest BCUT2D eigenvalue weighted by Gasteiger charge is -2.46. The van der Waals surface area contributed by atoms with Crippen molar-refractivity contribution in [3.05, 3.63) is 90.5 Å². The van der Waals surface area contributed by atoms with Gasteiger partial charge < -0.3 is 34.4 Å². The van der Waals surface area contributed by atoms with Gasteiger partial charge in [-0.1, -0.05) is 6.92 Å². The topological polar surface area (TPSA) is 244 Å². The lowest BCUT2D eigenvalue weighted by molar-refractivity contribution is -0.385. The number of carbonyl (C=O) groups excluding carboxylic acids is 4. The van der Waals surface area contributed by atoms with Gasteiger partial charge in [0.05, 0.1) is 27.9 Å². The zero-order valence-electron chi connectivity index (χ0n) is 30.6. The third kappa shape index (κ3) is 7.83.